The van der Waals surface area contributed by atoms with Gasteiger partial charge in [0, 0.05) is 24.4 Å². The fourth-order valence-corrected chi connectivity index (χ4v) is 2.26. The fourth-order valence-electron chi connectivity index (χ4n) is 2.11. The van der Waals surface area contributed by atoms with Crippen LogP contribution >= 0.6 is 12.2 Å². The molecular weight excluding hydrogens is 341 g/mol. The number of ether oxygens (including phenoxy) is 1. The lowest BCUT2D eigenvalue weighted by molar-refractivity contribution is 0.450. The Morgan fingerprint density at radius 1 is 1.12 bits per heavy atom. The maximum Gasteiger partial charge on any atom is 0.224 e. The Balaban J connectivity index is 1.58. The number of hydrogen-bond acceptors (Lipinski definition) is 4. The predicted molar refractivity (Wildman–Crippen MR) is 95.7 cm³/mol. The molecule has 7 heteroatoms. The first-order valence-corrected chi connectivity index (χ1v) is 8.03. The van der Waals surface area contributed by atoms with E-state index in [0.29, 0.717) is 29.8 Å². The second kappa shape index (κ2) is 8.25. The van der Waals surface area contributed by atoms with Crippen molar-refractivity contribution in [1.82, 2.24) is 15.6 Å². The molecule has 0 saturated carbocycles. The number of aromatic nitrogens is 1. The van der Waals surface area contributed by atoms with E-state index in [2.05, 4.69) is 15.6 Å². The molecule has 0 aliphatic heterocycles. The SMILES string of the molecule is Fc1cccc(Oc2ncccc2CNC(=S)NCc2ccco2)c1. The normalized spacial score (nSPS) is 10.3. The van der Waals surface area contributed by atoms with Crippen LogP contribution in [-0.2, 0) is 13.1 Å². The van der Waals surface area contributed by atoms with E-state index in [1.54, 1.807) is 30.7 Å². The summed E-state index contributed by atoms with van der Waals surface area (Å²) in [5, 5.41) is 6.61. The zero-order chi connectivity index (χ0) is 17.5. The van der Waals surface area contributed by atoms with E-state index < -0.39 is 0 Å². The molecule has 3 aromatic rings. The Bertz CT molecular complexity index is 840. The van der Waals surface area contributed by atoms with E-state index in [1.165, 1.54) is 12.1 Å². The van der Waals surface area contributed by atoms with Crippen LogP contribution in [0.4, 0.5) is 4.39 Å². The van der Waals surface area contributed by atoms with E-state index in [1.807, 2.05) is 18.2 Å². The molecule has 0 saturated heterocycles. The predicted octanol–water partition coefficient (Wildman–Crippen LogP) is 3.77. The molecule has 0 atom stereocenters. The third-order valence-electron chi connectivity index (χ3n) is 3.30. The van der Waals surface area contributed by atoms with Crippen molar-refractivity contribution in [2.75, 3.05) is 0 Å². The highest BCUT2D eigenvalue weighted by Crippen LogP contribution is 2.23. The van der Waals surface area contributed by atoms with E-state index >= 15 is 0 Å². The lowest BCUT2D eigenvalue weighted by Crippen LogP contribution is -2.34. The average Bonchev–Trinajstić information content (AvgIpc) is 3.13. The van der Waals surface area contributed by atoms with Gasteiger partial charge < -0.3 is 19.8 Å². The van der Waals surface area contributed by atoms with Crippen LogP contribution in [0.2, 0.25) is 0 Å². The number of pyridine rings is 1. The number of thiocarbonyl (C=S) groups is 1. The minimum atomic E-state index is -0.364. The summed E-state index contributed by atoms with van der Waals surface area (Å²) in [5.41, 5.74) is 0.800. The Kier molecular flexibility index (Phi) is 5.58. The van der Waals surface area contributed by atoms with Crippen molar-refractivity contribution in [2.45, 2.75) is 13.1 Å². The van der Waals surface area contributed by atoms with Crippen LogP contribution in [-0.4, -0.2) is 10.1 Å². The van der Waals surface area contributed by atoms with Gasteiger partial charge in [0.25, 0.3) is 0 Å². The molecule has 2 aromatic heterocycles. The van der Waals surface area contributed by atoms with Crippen LogP contribution in [0, 0.1) is 5.82 Å². The molecule has 128 valence electrons. The van der Waals surface area contributed by atoms with Crippen molar-refractivity contribution in [2.24, 2.45) is 0 Å². The van der Waals surface area contributed by atoms with Crippen molar-refractivity contribution in [3.05, 3.63) is 78.1 Å². The monoisotopic (exact) mass is 357 g/mol. The Morgan fingerprint density at radius 3 is 2.80 bits per heavy atom. The molecule has 0 bridgehead atoms. The lowest BCUT2D eigenvalue weighted by Gasteiger charge is -2.12. The van der Waals surface area contributed by atoms with Crippen molar-refractivity contribution in [3.8, 4) is 11.6 Å². The Labute approximate surface area is 149 Å². The van der Waals surface area contributed by atoms with Gasteiger partial charge in [0.1, 0.15) is 17.3 Å². The van der Waals surface area contributed by atoms with Crippen LogP contribution in [0.1, 0.15) is 11.3 Å². The van der Waals surface area contributed by atoms with Crippen LogP contribution in [0.25, 0.3) is 0 Å². The van der Waals surface area contributed by atoms with Gasteiger partial charge in [-0.3, -0.25) is 0 Å². The molecule has 2 heterocycles. The van der Waals surface area contributed by atoms with E-state index in [4.69, 9.17) is 21.4 Å². The number of halogens is 1. The minimum Gasteiger partial charge on any atom is -0.467 e. The molecule has 0 aliphatic carbocycles. The highest BCUT2D eigenvalue weighted by Gasteiger charge is 2.08. The summed E-state index contributed by atoms with van der Waals surface area (Å²) in [6, 6.07) is 13.3. The number of furan rings is 1. The molecule has 0 radical (unpaired) electrons. The number of benzene rings is 1. The molecule has 25 heavy (non-hydrogen) atoms. The van der Waals surface area contributed by atoms with Crippen LogP contribution in [0.5, 0.6) is 11.6 Å². The zero-order valence-corrected chi connectivity index (χ0v) is 14.1. The van der Waals surface area contributed by atoms with Crippen LogP contribution < -0.4 is 15.4 Å². The standard InChI is InChI=1S/C18H16FN3O2S/c19-14-5-1-6-15(10-14)24-17-13(4-2-8-20-17)11-21-18(25)22-12-16-7-3-9-23-16/h1-10H,11-12H2,(H2,21,22,25). The summed E-state index contributed by atoms with van der Waals surface area (Å²) >= 11 is 5.24. The van der Waals surface area contributed by atoms with Crippen LogP contribution in [0.3, 0.4) is 0 Å². The van der Waals surface area contributed by atoms with Gasteiger partial charge in [-0.25, -0.2) is 9.37 Å². The number of rotatable bonds is 6. The molecule has 0 spiro atoms. The summed E-state index contributed by atoms with van der Waals surface area (Å²) in [6.07, 6.45) is 3.23. The quantitative estimate of drug-likeness (QED) is 0.655. The Hall–Kier alpha value is -2.93. The number of hydrogen-bond donors (Lipinski definition) is 2. The first-order chi connectivity index (χ1) is 12.2. The molecule has 2 N–H and O–H groups in total. The minimum absolute atomic E-state index is 0.364. The second-order valence-corrected chi connectivity index (χ2v) is 5.55. The summed E-state index contributed by atoms with van der Waals surface area (Å²) in [7, 11) is 0. The third kappa shape index (κ3) is 5.02. The smallest absolute Gasteiger partial charge is 0.224 e. The molecule has 0 amide bonds. The van der Waals surface area contributed by atoms with Crippen molar-refractivity contribution in [1.29, 1.82) is 0 Å². The van der Waals surface area contributed by atoms with Crippen molar-refractivity contribution < 1.29 is 13.5 Å². The molecule has 0 fully saturated rings. The summed E-state index contributed by atoms with van der Waals surface area (Å²) < 4.78 is 24.2. The van der Waals surface area contributed by atoms with Gasteiger partial charge >= 0.3 is 0 Å². The second-order valence-electron chi connectivity index (χ2n) is 5.14. The van der Waals surface area contributed by atoms with Gasteiger partial charge in [0.15, 0.2) is 5.11 Å². The first kappa shape index (κ1) is 16.9. The molecule has 1 aromatic carbocycles. The first-order valence-electron chi connectivity index (χ1n) is 7.62. The van der Waals surface area contributed by atoms with E-state index in [9.17, 15) is 4.39 Å². The highest BCUT2D eigenvalue weighted by molar-refractivity contribution is 7.80. The zero-order valence-electron chi connectivity index (χ0n) is 13.2. The fraction of sp³-hybridized carbons (Fsp3) is 0.111. The Morgan fingerprint density at radius 2 is 2.00 bits per heavy atom. The maximum atomic E-state index is 13.3. The molecular formula is C18H16FN3O2S. The molecule has 0 aliphatic rings. The van der Waals surface area contributed by atoms with E-state index in [-0.39, 0.29) is 5.82 Å². The topological polar surface area (TPSA) is 59.3 Å². The molecule has 0 unspecified atom stereocenters. The van der Waals surface area contributed by atoms with Gasteiger partial charge in [0.05, 0.1) is 12.8 Å². The van der Waals surface area contributed by atoms with Gasteiger partial charge in [-0.05, 0) is 42.5 Å². The van der Waals surface area contributed by atoms with Crippen molar-refractivity contribution >= 4 is 17.3 Å². The van der Waals surface area contributed by atoms with Crippen LogP contribution in [0.15, 0.2) is 65.4 Å². The third-order valence-corrected chi connectivity index (χ3v) is 3.59. The van der Waals surface area contributed by atoms with Gasteiger partial charge in [-0.15, -0.1) is 0 Å². The average molecular weight is 357 g/mol. The summed E-state index contributed by atoms with van der Waals surface area (Å²) in [6.45, 7) is 0.918. The highest BCUT2D eigenvalue weighted by atomic mass is 32.1. The number of nitrogens with one attached hydrogen (secondary N) is 2. The van der Waals surface area contributed by atoms with Gasteiger partial charge in [-0.2, -0.15) is 0 Å². The largest absolute Gasteiger partial charge is 0.467 e. The molecule has 3 rings (SSSR count). The number of nitrogens with zero attached hydrogens (tertiary/aromatic N) is 1. The summed E-state index contributed by atoms with van der Waals surface area (Å²) in [5.74, 6) is 1.21. The van der Waals surface area contributed by atoms with Crippen molar-refractivity contribution in [3.63, 3.8) is 0 Å². The molecule has 5 nitrogen and oxygen atoms in total. The lowest BCUT2D eigenvalue weighted by atomic mass is 10.2. The summed E-state index contributed by atoms with van der Waals surface area (Å²) in [4.78, 5) is 4.20. The van der Waals surface area contributed by atoms with Gasteiger partial charge in [-0.1, -0.05) is 12.1 Å². The van der Waals surface area contributed by atoms with E-state index in [0.717, 1.165) is 11.3 Å². The maximum absolute atomic E-state index is 13.3. The van der Waals surface area contributed by atoms with Gasteiger partial charge in [0.2, 0.25) is 5.88 Å².